The molecule has 13 nitrogen and oxygen atoms in total. The van der Waals surface area contributed by atoms with Gasteiger partial charge < -0.3 is 26.0 Å². The number of hydrogen-bond donors (Lipinski definition) is 3. The number of amides is 1. The molecule has 4 aromatic rings. The molecule has 0 spiro atoms. The largest absolute Gasteiger partial charge is 0.391 e. The van der Waals surface area contributed by atoms with E-state index in [-0.39, 0.29) is 17.7 Å². The fourth-order valence-corrected chi connectivity index (χ4v) is 5.89. The molecule has 0 aliphatic carbocycles. The number of carbonyl (C=O) groups is 1. The van der Waals surface area contributed by atoms with Gasteiger partial charge in [0.2, 0.25) is 0 Å². The van der Waals surface area contributed by atoms with Crippen LogP contribution >= 0.6 is 11.6 Å². The third-order valence-electron chi connectivity index (χ3n) is 8.16. The summed E-state index contributed by atoms with van der Waals surface area (Å²) in [5.74, 6) is 1.16. The maximum absolute atomic E-state index is 13.3. The van der Waals surface area contributed by atoms with Crippen LogP contribution in [0.3, 0.4) is 0 Å². The van der Waals surface area contributed by atoms with Crippen molar-refractivity contribution in [3.05, 3.63) is 69.5 Å². The summed E-state index contributed by atoms with van der Waals surface area (Å²) in [5.41, 5.74) is 8.08. The smallest absolute Gasteiger partial charge is 0.284 e. The highest BCUT2D eigenvalue weighted by Gasteiger charge is 2.28. The molecule has 1 unspecified atom stereocenters. The van der Waals surface area contributed by atoms with Crippen LogP contribution in [-0.2, 0) is 7.05 Å². The van der Waals surface area contributed by atoms with Gasteiger partial charge in [-0.2, -0.15) is 0 Å². The molecule has 1 amide bonds. The molecule has 3 aromatic heterocycles. The lowest BCUT2D eigenvalue weighted by molar-refractivity contribution is 0.0929. The molecule has 224 valence electrons. The third kappa shape index (κ3) is 5.53. The van der Waals surface area contributed by atoms with Gasteiger partial charge in [0.05, 0.1) is 41.1 Å². The number of aliphatic hydroxyl groups excluding tert-OH is 1. The Morgan fingerprint density at radius 3 is 2.42 bits per heavy atom. The van der Waals surface area contributed by atoms with Gasteiger partial charge in [-0.1, -0.05) is 23.7 Å². The fraction of sp³-hybridized carbons (Fsp3) is 0.379. The molecule has 1 aromatic carbocycles. The monoisotopic (exact) mass is 604 g/mol. The number of carbonyl (C=O) groups excluding carboxylic acids is 1. The minimum Gasteiger partial charge on any atom is -0.391 e. The number of aliphatic hydroxyl groups is 1. The Bertz CT molecular complexity index is 1710. The Kier molecular flexibility index (Phi) is 7.75. The lowest BCUT2D eigenvalue weighted by Crippen LogP contribution is -2.46. The van der Waals surface area contributed by atoms with E-state index < -0.39 is 11.5 Å². The highest BCUT2D eigenvalue weighted by Crippen LogP contribution is 2.27. The Hall–Kier alpha value is -4.49. The molecular weight excluding hydrogens is 572 g/mol. The summed E-state index contributed by atoms with van der Waals surface area (Å²) < 4.78 is 3.06. The lowest BCUT2D eigenvalue weighted by Gasteiger charge is -2.33. The number of benzene rings is 1. The minimum absolute atomic E-state index is 0.0979. The van der Waals surface area contributed by atoms with E-state index in [1.165, 1.54) is 4.68 Å². The van der Waals surface area contributed by atoms with Crippen LogP contribution in [0.2, 0.25) is 5.02 Å². The molecule has 14 heteroatoms. The number of nitrogens with zero attached hydrogens (tertiary/aromatic N) is 8. The zero-order valence-corrected chi connectivity index (χ0v) is 24.7. The van der Waals surface area contributed by atoms with Crippen molar-refractivity contribution in [1.82, 2.24) is 34.6 Å². The van der Waals surface area contributed by atoms with E-state index in [0.717, 1.165) is 6.54 Å². The van der Waals surface area contributed by atoms with E-state index in [2.05, 4.69) is 20.3 Å². The number of hydrogen-bond acceptors (Lipinski definition) is 10. The highest BCUT2D eigenvalue weighted by molar-refractivity contribution is 6.32. The summed E-state index contributed by atoms with van der Waals surface area (Å²) in [5, 5.41) is 13.3. The van der Waals surface area contributed by atoms with Gasteiger partial charge in [-0.05, 0) is 38.3 Å². The maximum Gasteiger partial charge on any atom is 0.284 e. The number of halogens is 1. The normalized spacial score (nSPS) is 17.4. The first kappa shape index (κ1) is 28.6. The maximum atomic E-state index is 13.3. The van der Waals surface area contributed by atoms with Crippen LogP contribution < -0.4 is 26.4 Å². The van der Waals surface area contributed by atoms with Gasteiger partial charge in [0, 0.05) is 39.3 Å². The van der Waals surface area contributed by atoms with E-state index in [4.69, 9.17) is 22.3 Å². The van der Waals surface area contributed by atoms with Crippen LogP contribution in [0.4, 0.5) is 17.5 Å². The molecule has 6 rings (SSSR count). The van der Waals surface area contributed by atoms with E-state index in [9.17, 15) is 14.7 Å². The van der Waals surface area contributed by atoms with Gasteiger partial charge in [-0.3, -0.25) is 14.3 Å². The van der Waals surface area contributed by atoms with Crippen LogP contribution in [0.25, 0.3) is 17.1 Å². The second-order valence-corrected chi connectivity index (χ2v) is 11.3. The quantitative estimate of drug-likeness (QED) is 0.297. The summed E-state index contributed by atoms with van der Waals surface area (Å²) in [7, 11) is 1.73. The molecule has 2 fully saturated rings. The Morgan fingerprint density at radius 2 is 1.74 bits per heavy atom. The van der Waals surface area contributed by atoms with Crippen molar-refractivity contribution in [3.8, 4) is 17.1 Å². The SMILES string of the molecule is Cc1c(C(=O)NC2CCN(c3nc(-c4cnc(N5CCC(O)C5)cn4)cnc3N)CC2)c(=O)n(-c2ccccc2Cl)n1C. The van der Waals surface area contributed by atoms with Crippen molar-refractivity contribution in [2.75, 3.05) is 41.7 Å². The summed E-state index contributed by atoms with van der Waals surface area (Å²) in [4.78, 5) is 48.8. The second-order valence-electron chi connectivity index (χ2n) is 10.9. The fourth-order valence-electron chi connectivity index (χ4n) is 5.67. The third-order valence-corrected chi connectivity index (χ3v) is 8.48. The molecule has 5 heterocycles. The number of β-amino-alcohol motifs (C(OH)–C–C–N with tert-alkyl or cyclic N) is 1. The summed E-state index contributed by atoms with van der Waals surface area (Å²) >= 11 is 6.34. The minimum atomic E-state index is -0.419. The standard InChI is InChI=1S/C29H33ClN10O3/c1-17-25(29(43)40(37(17)2)23-6-4-3-5-20(23)30)28(42)35-18-7-10-38(11-8-18)27-26(31)34-14-22(36-27)21-13-33-24(15-32-21)39-12-9-19(41)16-39/h3-6,13-15,18-19,41H,7-12,16H2,1-2H3,(H2,31,34)(H,35,42). The molecule has 1 atom stereocenters. The van der Waals surface area contributed by atoms with Crippen molar-refractivity contribution < 1.29 is 9.90 Å². The number of para-hydroxylation sites is 1. The molecule has 4 N–H and O–H groups in total. The topological polar surface area (TPSA) is 160 Å². The zero-order chi connectivity index (χ0) is 30.2. The average Bonchev–Trinajstić information content (AvgIpc) is 3.54. The van der Waals surface area contributed by atoms with Gasteiger partial charge >= 0.3 is 0 Å². The van der Waals surface area contributed by atoms with Crippen LogP contribution in [0.5, 0.6) is 0 Å². The van der Waals surface area contributed by atoms with Gasteiger partial charge in [-0.15, -0.1) is 0 Å². The Morgan fingerprint density at radius 1 is 1.02 bits per heavy atom. The van der Waals surface area contributed by atoms with E-state index >= 15 is 0 Å². The van der Waals surface area contributed by atoms with Crippen molar-refractivity contribution in [1.29, 1.82) is 0 Å². The molecule has 2 aliphatic heterocycles. The predicted octanol–water partition coefficient (Wildman–Crippen LogP) is 1.94. The van der Waals surface area contributed by atoms with Crippen LogP contribution in [0.15, 0.2) is 47.7 Å². The number of aromatic nitrogens is 6. The molecule has 2 aliphatic rings. The molecular formula is C29H33ClN10O3. The van der Waals surface area contributed by atoms with Crippen LogP contribution in [-0.4, -0.2) is 78.6 Å². The predicted molar refractivity (Wildman–Crippen MR) is 164 cm³/mol. The van der Waals surface area contributed by atoms with Gasteiger partial charge in [-0.25, -0.2) is 24.6 Å². The summed E-state index contributed by atoms with van der Waals surface area (Å²) in [6, 6.07) is 6.90. The highest BCUT2D eigenvalue weighted by atomic mass is 35.5. The first-order valence-electron chi connectivity index (χ1n) is 14.2. The van der Waals surface area contributed by atoms with Crippen molar-refractivity contribution in [3.63, 3.8) is 0 Å². The van der Waals surface area contributed by atoms with Gasteiger partial charge in [0.25, 0.3) is 11.5 Å². The number of anilines is 3. The number of nitrogens with one attached hydrogen (secondary N) is 1. The molecule has 0 bridgehead atoms. The Labute approximate surface area is 252 Å². The van der Waals surface area contributed by atoms with Gasteiger partial charge in [0.1, 0.15) is 22.8 Å². The summed E-state index contributed by atoms with van der Waals surface area (Å²) in [6.45, 7) is 4.21. The molecule has 2 saturated heterocycles. The van der Waals surface area contributed by atoms with E-state index in [0.29, 0.717) is 84.1 Å². The number of piperidine rings is 1. The number of rotatable bonds is 6. The molecule has 0 radical (unpaired) electrons. The van der Waals surface area contributed by atoms with E-state index in [1.807, 2.05) is 9.80 Å². The number of nitrogen functional groups attached to an aromatic ring is 1. The second kappa shape index (κ2) is 11.7. The Balaban J connectivity index is 1.12. The van der Waals surface area contributed by atoms with Crippen molar-refractivity contribution in [2.45, 2.75) is 38.3 Å². The molecule has 0 saturated carbocycles. The summed E-state index contributed by atoms with van der Waals surface area (Å²) in [6.07, 6.45) is 6.55. The first-order chi connectivity index (χ1) is 20.7. The molecule has 43 heavy (non-hydrogen) atoms. The van der Waals surface area contributed by atoms with Crippen LogP contribution in [0.1, 0.15) is 35.3 Å². The first-order valence-corrected chi connectivity index (χ1v) is 14.6. The number of nitrogens with two attached hydrogens (primary N) is 1. The lowest BCUT2D eigenvalue weighted by atomic mass is 10.0. The van der Waals surface area contributed by atoms with E-state index in [1.54, 1.807) is 61.5 Å². The van der Waals surface area contributed by atoms with Crippen molar-refractivity contribution >= 4 is 35.0 Å². The van der Waals surface area contributed by atoms with Gasteiger partial charge in [0.15, 0.2) is 11.6 Å². The average molecular weight is 605 g/mol. The van der Waals surface area contributed by atoms with Crippen LogP contribution in [0, 0.1) is 6.92 Å². The zero-order valence-electron chi connectivity index (χ0n) is 23.9. The van der Waals surface area contributed by atoms with Crippen molar-refractivity contribution in [2.24, 2.45) is 7.05 Å².